The molecule has 12 heteroatoms. The Morgan fingerprint density at radius 2 is 1.61 bits per heavy atom. The van der Waals surface area contributed by atoms with E-state index in [0.29, 0.717) is 46.9 Å². The molecule has 6 rings (SSSR count). The molecule has 0 radical (unpaired) electrons. The van der Waals surface area contributed by atoms with E-state index in [1.165, 1.54) is 15.8 Å². The van der Waals surface area contributed by atoms with E-state index in [-0.39, 0.29) is 41.7 Å². The van der Waals surface area contributed by atoms with Crippen LogP contribution in [-0.2, 0) is 16.6 Å². The molecule has 46 heavy (non-hydrogen) atoms. The van der Waals surface area contributed by atoms with Crippen molar-refractivity contribution in [2.24, 2.45) is 7.05 Å². The Hall–Kier alpha value is -4.03. The number of nitrogens with zero attached hydrogens (tertiary/aromatic N) is 4. The van der Waals surface area contributed by atoms with Crippen molar-refractivity contribution in [2.75, 3.05) is 38.5 Å². The molecule has 3 atom stereocenters. The number of likely N-dealkylation sites (N-methyl/N-ethyl adjacent to an activating group) is 1. The molecule has 11 nitrogen and oxygen atoms in total. The molecular formula is C34H39BrN6O5. The average Bonchev–Trinajstić information content (AvgIpc) is 3.06. The molecule has 0 bridgehead atoms. The molecule has 3 aliphatic heterocycles. The van der Waals surface area contributed by atoms with E-state index in [1.54, 1.807) is 13.2 Å². The van der Waals surface area contributed by atoms with Gasteiger partial charge in [-0.2, -0.15) is 5.10 Å². The van der Waals surface area contributed by atoms with Crippen LogP contribution in [0, 0.1) is 0 Å². The molecule has 1 unspecified atom stereocenters. The first-order valence-corrected chi connectivity index (χ1v) is 16.6. The molecule has 0 aliphatic carbocycles. The number of benzene rings is 2. The van der Waals surface area contributed by atoms with Gasteiger partial charge in [0, 0.05) is 57.7 Å². The van der Waals surface area contributed by atoms with E-state index >= 15 is 0 Å². The SMILES string of the molecule is CN1C[C@H](Nc2cnn(C)c(=O)c2Br)C[C@H](c2ccc(C(=O)N3CCC(c4ccc(OC5CCC(=O)NC5=O)cc4)CC3)cc2)C1. The third-order valence-corrected chi connectivity index (χ3v) is 10.1. The number of carbonyl (C=O) groups is 3. The van der Waals surface area contributed by atoms with Crippen LogP contribution in [-0.4, -0.2) is 82.7 Å². The van der Waals surface area contributed by atoms with Gasteiger partial charge in [0.05, 0.1) is 11.9 Å². The van der Waals surface area contributed by atoms with E-state index in [1.807, 2.05) is 41.3 Å². The monoisotopic (exact) mass is 690 g/mol. The first-order valence-electron chi connectivity index (χ1n) is 15.8. The van der Waals surface area contributed by atoms with Gasteiger partial charge in [-0.3, -0.25) is 24.5 Å². The number of aromatic nitrogens is 2. The molecule has 3 aliphatic rings. The van der Waals surface area contributed by atoms with Gasteiger partial charge in [0.2, 0.25) is 5.91 Å². The van der Waals surface area contributed by atoms with Crippen LogP contribution in [0.2, 0.25) is 0 Å². The fraction of sp³-hybridized carbons (Fsp3) is 0.441. The van der Waals surface area contributed by atoms with Crippen molar-refractivity contribution in [3.63, 3.8) is 0 Å². The zero-order valence-corrected chi connectivity index (χ0v) is 27.7. The highest BCUT2D eigenvalue weighted by Gasteiger charge is 2.30. The average molecular weight is 692 g/mol. The van der Waals surface area contributed by atoms with Gasteiger partial charge in [0.15, 0.2) is 6.10 Å². The first kappa shape index (κ1) is 31.9. The van der Waals surface area contributed by atoms with Crippen LogP contribution in [0.25, 0.3) is 0 Å². The predicted octanol–water partition coefficient (Wildman–Crippen LogP) is 3.65. The third kappa shape index (κ3) is 7.18. The van der Waals surface area contributed by atoms with Crippen molar-refractivity contribution in [3.05, 3.63) is 86.2 Å². The number of rotatable bonds is 7. The van der Waals surface area contributed by atoms with Crippen molar-refractivity contribution in [1.29, 1.82) is 0 Å². The summed E-state index contributed by atoms with van der Waals surface area (Å²) in [4.78, 5) is 53.3. The Morgan fingerprint density at radius 3 is 2.30 bits per heavy atom. The summed E-state index contributed by atoms with van der Waals surface area (Å²) < 4.78 is 7.60. The molecule has 1 aromatic heterocycles. The van der Waals surface area contributed by atoms with Crippen LogP contribution in [0.1, 0.15) is 65.4 Å². The molecule has 242 valence electrons. The standard InChI is InChI=1S/C34H39BrN6O5/c1-39-19-25(17-26(20-39)37-28-18-36-40(2)34(45)31(28)35)22-3-5-24(6-4-22)33(44)41-15-13-23(14-16-41)21-7-9-27(10-8-21)46-29-11-12-30(42)38-32(29)43/h3-10,18,23,25-26,29,37H,11-17,19-20H2,1-2H3,(H,38,42,43)/t25-,26+,29?/m0/s1. The summed E-state index contributed by atoms with van der Waals surface area (Å²) in [6.45, 7) is 3.14. The number of carbonyl (C=O) groups excluding carboxylic acids is 3. The van der Waals surface area contributed by atoms with E-state index in [4.69, 9.17) is 4.74 Å². The maximum absolute atomic E-state index is 13.4. The Kier molecular flexibility index (Phi) is 9.55. The van der Waals surface area contributed by atoms with Crippen molar-refractivity contribution < 1.29 is 19.1 Å². The van der Waals surface area contributed by atoms with Gasteiger partial charge in [0.25, 0.3) is 17.4 Å². The molecular weight excluding hydrogens is 652 g/mol. The van der Waals surface area contributed by atoms with Gasteiger partial charge < -0.3 is 19.9 Å². The van der Waals surface area contributed by atoms with E-state index in [0.717, 1.165) is 32.4 Å². The van der Waals surface area contributed by atoms with Crippen LogP contribution >= 0.6 is 15.9 Å². The van der Waals surface area contributed by atoms with Crippen molar-refractivity contribution in [2.45, 2.75) is 56.1 Å². The van der Waals surface area contributed by atoms with Crippen LogP contribution in [0.4, 0.5) is 5.69 Å². The smallest absolute Gasteiger partial charge is 0.282 e. The van der Waals surface area contributed by atoms with E-state index in [2.05, 4.69) is 55.7 Å². The molecule has 3 saturated heterocycles. The summed E-state index contributed by atoms with van der Waals surface area (Å²) >= 11 is 3.41. The highest BCUT2D eigenvalue weighted by molar-refractivity contribution is 9.10. The van der Waals surface area contributed by atoms with Gasteiger partial charge >= 0.3 is 0 Å². The lowest BCUT2D eigenvalue weighted by Crippen LogP contribution is -2.46. The Balaban J connectivity index is 1.01. The number of imide groups is 1. The number of nitrogens with one attached hydrogen (secondary N) is 2. The highest BCUT2D eigenvalue weighted by atomic mass is 79.9. The van der Waals surface area contributed by atoms with Gasteiger partial charge in [-0.1, -0.05) is 24.3 Å². The van der Waals surface area contributed by atoms with Crippen LogP contribution < -0.4 is 20.9 Å². The molecule has 2 aromatic carbocycles. The molecule has 0 spiro atoms. The highest BCUT2D eigenvalue weighted by Crippen LogP contribution is 2.32. The van der Waals surface area contributed by atoms with Crippen LogP contribution in [0.5, 0.6) is 5.75 Å². The Bertz CT molecular complexity index is 1650. The molecule has 0 saturated carbocycles. The third-order valence-electron chi connectivity index (χ3n) is 9.30. The lowest BCUT2D eigenvalue weighted by molar-refractivity contribution is -0.138. The maximum Gasteiger partial charge on any atom is 0.282 e. The second-order valence-corrected chi connectivity index (χ2v) is 13.4. The first-order chi connectivity index (χ1) is 22.1. The molecule has 2 N–H and O–H groups in total. The summed E-state index contributed by atoms with van der Waals surface area (Å²) in [6, 6.07) is 16.0. The van der Waals surface area contributed by atoms with Crippen LogP contribution in [0.15, 0.2) is 64.0 Å². The number of anilines is 1. The minimum absolute atomic E-state index is 0.0568. The quantitative estimate of drug-likeness (QED) is 0.360. The molecule has 3 fully saturated rings. The number of piperidine rings is 3. The topological polar surface area (TPSA) is 126 Å². The number of ether oxygens (including phenoxy) is 1. The number of amides is 3. The lowest BCUT2D eigenvalue weighted by atomic mass is 9.87. The number of hydrogen-bond acceptors (Lipinski definition) is 8. The van der Waals surface area contributed by atoms with Gasteiger partial charge in [-0.15, -0.1) is 0 Å². The zero-order chi connectivity index (χ0) is 32.4. The summed E-state index contributed by atoms with van der Waals surface area (Å²) in [5, 5.41) is 9.97. The fourth-order valence-corrected chi connectivity index (χ4v) is 7.24. The van der Waals surface area contributed by atoms with Crippen molar-refractivity contribution >= 4 is 39.3 Å². The van der Waals surface area contributed by atoms with Gasteiger partial charge in [-0.05, 0) is 89.5 Å². The number of halogens is 1. The van der Waals surface area contributed by atoms with E-state index in [9.17, 15) is 19.2 Å². The molecule has 3 amide bonds. The maximum atomic E-state index is 13.4. The van der Waals surface area contributed by atoms with Gasteiger partial charge in [-0.25, -0.2) is 4.68 Å². The summed E-state index contributed by atoms with van der Waals surface area (Å²) in [7, 11) is 3.73. The molecule has 3 aromatic rings. The second-order valence-electron chi connectivity index (χ2n) is 12.6. The van der Waals surface area contributed by atoms with E-state index < -0.39 is 6.10 Å². The predicted molar refractivity (Wildman–Crippen MR) is 177 cm³/mol. The lowest BCUT2D eigenvalue weighted by Gasteiger charge is -2.37. The van der Waals surface area contributed by atoms with Crippen LogP contribution in [0.3, 0.4) is 0 Å². The zero-order valence-electron chi connectivity index (χ0n) is 26.1. The summed E-state index contributed by atoms with van der Waals surface area (Å²) in [5.74, 6) is 0.645. The minimum atomic E-state index is -0.650. The van der Waals surface area contributed by atoms with Crippen molar-refractivity contribution in [3.8, 4) is 5.75 Å². The largest absolute Gasteiger partial charge is 0.481 e. The number of aryl methyl sites for hydroxylation is 1. The summed E-state index contributed by atoms with van der Waals surface area (Å²) in [5.41, 5.74) is 3.60. The minimum Gasteiger partial charge on any atom is -0.481 e. The second kappa shape index (κ2) is 13.8. The van der Waals surface area contributed by atoms with Crippen molar-refractivity contribution in [1.82, 2.24) is 24.9 Å². The Labute approximate surface area is 276 Å². The summed E-state index contributed by atoms with van der Waals surface area (Å²) in [6.07, 6.45) is 4.34. The van der Waals surface area contributed by atoms with Gasteiger partial charge in [0.1, 0.15) is 10.2 Å². The Morgan fingerprint density at radius 1 is 0.935 bits per heavy atom. The number of likely N-dealkylation sites (tertiary alicyclic amines) is 2. The normalized spacial score (nSPS) is 22.8. The molecule has 4 heterocycles. The fourth-order valence-electron chi connectivity index (χ4n) is 6.76. The number of hydrogen-bond donors (Lipinski definition) is 2.